The van der Waals surface area contributed by atoms with Crippen LogP contribution in [0.2, 0.25) is 0 Å². The third kappa shape index (κ3) is 3.80. The lowest BCUT2D eigenvalue weighted by atomic mass is 10.0. The molecule has 0 aromatic heterocycles. The summed E-state index contributed by atoms with van der Waals surface area (Å²) in [6, 6.07) is 7.67. The van der Waals surface area contributed by atoms with Gasteiger partial charge in [-0.15, -0.1) is 0 Å². The molecule has 22 heavy (non-hydrogen) atoms. The van der Waals surface area contributed by atoms with E-state index in [1.807, 2.05) is 24.3 Å². The summed E-state index contributed by atoms with van der Waals surface area (Å²) >= 11 is 0. The van der Waals surface area contributed by atoms with Crippen LogP contribution in [-0.2, 0) is 14.6 Å². The number of hydrogen-bond acceptors (Lipinski definition) is 4. The molecular formula is C16H23NO4S. The van der Waals surface area contributed by atoms with E-state index in [0.717, 1.165) is 0 Å². The second-order valence-corrected chi connectivity index (χ2v) is 8.45. The Bertz CT molecular complexity index is 616. The normalized spacial score (nSPS) is 15.7. The fourth-order valence-electron chi connectivity index (χ4n) is 2.29. The molecule has 2 rings (SSSR count). The largest absolute Gasteiger partial charge is 0.484 e. The first-order valence-corrected chi connectivity index (χ1v) is 9.27. The quantitative estimate of drug-likeness (QED) is 0.800. The second kappa shape index (κ2) is 6.69. The molecule has 0 saturated carbocycles. The summed E-state index contributed by atoms with van der Waals surface area (Å²) in [6.07, 6.45) is 0. The summed E-state index contributed by atoms with van der Waals surface area (Å²) in [5, 5.41) is -0.410. The first-order valence-electron chi connectivity index (χ1n) is 7.55. The second-order valence-electron chi connectivity index (χ2n) is 5.88. The van der Waals surface area contributed by atoms with Gasteiger partial charge in [-0.25, -0.2) is 8.42 Å². The molecule has 0 radical (unpaired) electrons. The van der Waals surface area contributed by atoms with Crippen molar-refractivity contribution in [3.05, 3.63) is 29.8 Å². The number of hydrogen-bond donors (Lipinski definition) is 0. The number of benzene rings is 1. The molecule has 1 aliphatic rings. The van der Waals surface area contributed by atoms with Gasteiger partial charge in [-0.1, -0.05) is 32.9 Å². The Kier molecular flexibility index (Phi) is 5.11. The molecule has 0 unspecified atom stereocenters. The number of sulfone groups is 1. The van der Waals surface area contributed by atoms with E-state index in [1.165, 1.54) is 10.5 Å². The average Bonchev–Trinajstić information content (AvgIpc) is 2.43. The minimum absolute atomic E-state index is 0.0556. The molecule has 1 fully saturated rings. The summed E-state index contributed by atoms with van der Waals surface area (Å²) in [7, 11) is -3.04. The minimum atomic E-state index is -3.04. The molecule has 0 bridgehead atoms. The molecule has 0 spiro atoms. The SMILES string of the molecule is CCS(=O)(=O)C1CN(C(=O)COc2ccc(C(C)C)cc2)C1. The van der Waals surface area contributed by atoms with Crippen molar-refractivity contribution in [1.82, 2.24) is 4.90 Å². The topological polar surface area (TPSA) is 63.7 Å². The molecule has 122 valence electrons. The van der Waals surface area contributed by atoms with Crippen LogP contribution < -0.4 is 4.74 Å². The number of likely N-dealkylation sites (tertiary alicyclic amines) is 1. The maximum Gasteiger partial charge on any atom is 0.260 e. The van der Waals surface area contributed by atoms with Gasteiger partial charge in [-0.2, -0.15) is 0 Å². The Morgan fingerprint density at radius 1 is 1.27 bits per heavy atom. The molecule has 1 saturated heterocycles. The summed E-state index contributed by atoms with van der Waals surface area (Å²) < 4.78 is 28.8. The van der Waals surface area contributed by atoms with Gasteiger partial charge in [-0.05, 0) is 23.6 Å². The molecule has 0 N–H and O–H groups in total. The lowest BCUT2D eigenvalue weighted by Gasteiger charge is -2.38. The van der Waals surface area contributed by atoms with Gasteiger partial charge < -0.3 is 9.64 Å². The molecule has 1 heterocycles. The van der Waals surface area contributed by atoms with E-state index < -0.39 is 15.1 Å². The maximum atomic E-state index is 11.9. The van der Waals surface area contributed by atoms with Crippen LogP contribution in [0.4, 0.5) is 0 Å². The molecule has 1 amide bonds. The predicted octanol–water partition coefficient (Wildman–Crippen LogP) is 1.83. The fraction of sp³-hybridized carbons (Fsp3) is 0.562. The molecule has 1 aromatic rings. The first kappa shape index (κ1) is 16.8. The molecule has 0 aliphatic carbocycles. The highest BCUT2D eigenvalue weighted by molar-refractivity contribution is 7.92. The van der Waals surface area contributed by atoms with Crippen LogP contribution in [0.3, 0.4) is 0 Å². The van der Waals surface area contributed by atoms with Crippen LogP contribution in [0.25, 0.3) is 0 Å². The van der Waals surface area contributed by atoms with Crippen molar-refractivity contribution < 1.29 is 17.9 Å². The maximum absolute atomic E-state index is 11.9. The molecule has 1 aliphatic heterocycles. The lowest BCUT2D eigenvalue weighted by Crippen LogP contribution is -2.58. The molecule has 6 heteroatoms. The number of amides is 1. The van der Waals surface area contributed by atoms with Crippen LogP contribution in [0.5, 0.6) is 5.75 Å². The van der Waals surface area contributed by atoms with E-state index in [2.05, 4.69) is 13.8 Å². The highest BCUT2D eigenvalue weighted by Gasteiger charge is 2.38. The Hall–Kier alpha value is -1.56. The third-order valence-corrected chi connectivity index (χ3v) is 6.14. The molecular weight excluding hydrogens is 302 g/mol. The van der Waals surface area contributed by atoms with E-state index in [0.29, 0.717) is 11.7 Å². The van der Waals surface area contributed by atoms with Gasteiger partial charge in [0.25, 0.3) is 5.91 Å². The predicted molar refractivity (Wildman–Crippen MR) is 85.9 cm³/mol. The van der Waals surface area contributed by atoms with Gasteiger partial charge >= 0.3 is 0 Å². The van der Waals surface area contributed by atoms with Crippen LogP contribution >= 0.6 is 0 Å². The van der Waals surface area contributed by atoms with Crippen molar-refractivity contribution in [3.63, 3.8) is 0 Å². The highest BCUT2D eigenvalue weighted by atomic mass is 32.2. The summed E-state index contributed by atoms with van der Waals surface area (Å²) in [5.41, 5.74) is 1.22. The van der Waals surface area contributed by atoms with Gasteiger partial charge in [0, 0.05) is 18.8 Å². The average molecular weight is 325 g/mol. The third-order valence-electron chi connectivity index (χ3n) is 4.02. The van der Waals surface area contributed by atoms with Crippen LogP contribution in [0, 0.1) is 0 Å². The molecule has 0 atom stereocenters. The summed E-state index contributed by atoms with van der Waals surface area (Å²) in [5.74, 6) is 1.05. The standard InChI is InChI=1S/C16H23NO4S/c1-4-22(19,20)15-9-17(10-15)16(18)11-21-14-7-5-13(6-8-14)12(2)3/h5-8,12,15H,4,9-11H2,1-3H3. The fourth-order valence-corrected chi connectivity index (χ4v) is 3.58. The Labute approximate surface area is 132 Å². The zero-order chi connectivity index (χ0) is 16.3. The zero-order valence-electron chi connectivity index (χ0n) is 13.3. The number of rotatable bonds is 6. The van der Waals surface area contributed by atoms with Gasteiger partial charge in [-0.3, -0.25) is 4.79 Å². The van der Waals surface area contributed by atoms with Gasteiger partial charge in [0.05, 0.1) is 5.25 Å². The molecule has 1 aromatic carbocycles. The van der Waals surface area contributed by atoms with Crippen LogP contribution in [-0.4, -0.2) is 49.9 Å². The van der Waals surface area contributed by atoms with Gasteiger partial charge in [0.15, 0.2) is 16.4 Å². The van der Waals surface area contributed by atoms with Gasteiger partial charge in [0.1, 0.15) is 5.75 Å². The first-order chi connectivity index (χ1) is 10.3. The Morgan fingerprint density at radius 2 is 1.86 bits per heavy atom. The highest BCUT2D eigenvalue weighted by Crippen LogP contribution is 2.20. The Morgan fingerprint density at radius 3 is 2.36 bits per heavy atom. The van der Waals surface area contributed by atoms with Crippen molar-refractivity contribution >= 4 is 15.7 Å². The summed E-state index contributed by atoms with van der Waals surface area (Å²) in [6.45, 7) is 6.37. The van der Waals surface area contributed by atoms with Gasteiger partial charge in [0.2, 0.25) is 0 Å². The van der Waals surface area contributed by atoms with Crippen molar-refractivity contribution in [2.24, 2.45) is 0 Å². The number of ether oxygens (including phenoxy) is 1. The van der Waals surface area contributed by atoms with E-state index in [4.69, 9.17) is 4.74 Å². The lowest BCUT2D eigenvalue weighted by molar-refractivity contribution is -0.136. The van der Waals surface area contributed by atoms with Crippen molar-refractivity contribution in [2.75, 3.05) is 25.4 Å². The van der Waals surface area contributed by atoms with Crippen molar-refractivity contribution in [1.29, 1.82) is 0 Å². The van der Waals surface area contributed by atoms with Crippen LogP contribution in [0.15, 0.2) is 24.3 Å². The van der Waals surface area contributed by atoms with Crippen molar-refractivity contribution in [3.8, 4) is 5.75 Å². The smallest absolute Gasteiger partial charge is 0.260 e. The van der Waals surface area contributed by atoms with E-state index in [9.17, 15) is 13.2 Å². The zero-order valence-corrected chi connectivity index (χ0v) is 14.1. The Balaban J connectivity index is 1.80. The van der Waals surface area contributed by atoms with Crippen LogP contribution in [0.1, 0.15) is 32.3 Å². The number of nitrogens with zero attached hydrogens (tertiary/aromatic N) is 1. The monoisotopic (exact) mass is 325 g/mol. The van der Waals surface area contributed by atoms with E-state index >= 15 is 0 Å². The molecule has 5 nitrogen and oxygen atoms in total. The van der Waals surface area contributed by atoms with Crippen molar-refractivity contribution in [2.45, 2.75) is 31.9 Å². The number of carbonyl (C=O) groups is 1. The summed E-state index contributed by atoms with van der Waals surface area (Å²) in [4.78, 5) is 13.5. The minimum Gasteiger partial charge on any atom is -0.484 e. The number of carbonyl (C=O) groups excluding carboxylic acids is 1. The van der Waals surface area contributed by atoms with E-state index in [-0.39, 0.29) is 31.4 Å². The van der Waals surface area contributed by atoms with E-state index in [1.54, 1.807) is 6.92 Å².